The summed E-state index contributed by atoms with van der Waals surface area (Å²) in [5.74, 6) is 0.315. The van der Waals surface area contributed by atoms with E-state index in [1.165, 1.54) is 10.9 Å². The summed E-state index contributed by atoms with van der Waals surface area (Å²) in [6, 6.07) is 2.18. The van der Waals surface area contributed by atoms with E-state index in [0.717, 1.165) is 34.3 Å². The van der Waals surface area contributed by atoms with E-state index >= 15 is 0 Å². The van der Waals surface area contributed by atoms with Crippen molar-refractivity contribution in [1.29, 1.82) is 0 Å². The molecule has 5 nitrogen and oxygen atoms in total. The smallest absolute Gasteiger partial charge is 0.410 e. The van der Waals surface area contributed by atoms with Gasteiger partial charge in [-0.2, -0.15) is 0 Å². The molecular weight excluding hydrogens is 417 g/mol. The van der Waals surface area contributed by atoms with E-state index in [1.807, 2.05) is 31.9 Å². The van der Waals surface area contributed by atoms with Gasteiger partial charge in [0, 0.05) is 30.6 Å². The van der Waals surface area contributed by atoms with Gasteiger partial charge in [-0.05, 0) is 80.3 Å². The number of carbonyl (C=O) groups is 1. The molecule has 1 aliphatic heterocycles. The molecular formula is C18H24IN3O2. The van der Waals surface area contributed by atoms with Gasteiger partial charge in [0.25, 0.3) is 0 Å². The van der Waals surface area contributed by atoms with E-state index < -0.39 is 5.60 Å². The number of aryl methyl sites for hydroxylation is 1. The first-order valence-corrected chi connectivity index (χ1v) is 9.44. The Hall–Kier alpha value is -1.31. The molecule has 6 heteroatoms. The fourth-order valence-corrected chi connectivity index (χ4v) is 4.25. The van der Waals surface area contributed by atoms with Crippen molar-refractivity contribution >= 4 is 39.7 Å². The highest BCUT2D eigenvalue weighted by Crippen LogP contribution is 2.35. The number of hydrogen-bond acceptors (Lipinski definition) is 3. The lowest BCUT2D eigenvalue weighted by molar-refractivity contribution is 0.0198. The Labute approximate surface area is 156 Å². The molecule has 24 heavy (non-hydrogen) atoms. The van der Waals surface area contributed by atoms with Crippen LogP contribution in [0.2, 0.25) is 0 Å². The fraction of sp³-hybridized carbons (Fsp3) is 0.556. The number of ether oxygens (including phenoxy) is 1. The predicted octanol–water partition coefficient (Wildman–Crippen LogP) is 4.59. The molecule has 0 bridgehead atoms. The topological polar surface area (TPSA) is 58.2 Å². The Morgan fingerprint density at radius 2 is 2.21 bits per heavy atom. The van der Waals surface area contributed by atoms with E-state index in [-0.39, 0.29) is 6.09 Å². The molecule has 0 aromatic carbocycles. The lowest BCUT2D eigenvalue weighted by Crippen LogP contribution is -2.42. The van der Waals surface area contributed by atoms with Gasteiger partial charge in [-0.1, -0.05) is 0 Å². The zero-order valence-electron chi connectivity index (χ0n) is 14.6. The molecule has 3 rings (SSSR count). The minimum absolute atomic E-state index is 0.212. The number of hydrogen-bond donors (Lipinski definition) is 1. The van der Waals surface area contributed by atoms with Crippen LogP contribution < -0.4 is 0 Å². The number of pyridine rings is 1. The zero-order chi connectivity index (χ0) is 17.5. The van der Waals surface area contributed by atoms with Crippen LogP contribution in [0, 0.1) is 10.6 Å². The van der Waals surface area contributed by atoms with Crippen molar-refractivity contribution in [3.8, 4) is 0 Å². The van der Waals surface area contributed by atoms with Gasteiger partial charge in [0.2, 0.25) is 0 Å². The average molecular weight is 441 g/mol. The summed E-state index contributed by atoms with van der Waals surface area (Å²) < 4.78 is 6.67. The number of likely N-dealkylation sites (tertiary alicyclic amines) is 1. The summed E-state index contributed by atoms with van der Waals surface area (Å²) in [4.78, 5) is 22.1. The maximum Gasteiger partial charge on any atom is 0.410 e. The molecule has 1 saturated heterocycles. The normalized spacial score (nSPS) is 18.9. The van der Waals surface area contributed by atoms with Crippen molar-refractivity contribution in [2.45, 2.75) is 52.1 Å². The maximum absolute atomic E-state index is 12.4. The Balaban J connectivity index is 1.86. The van der Waals surface area contributed by atoms with Gasteiger partial charge in [0.15, 0.2) is 0 Å². The average Bonchev–Trinajstić information content (AvgIpc) is 2.81. The number of halogens is 1. The van der Waals surface area contributed by atoms with Crippen molar-refractivity contribution in [2.75, 3.05) is 13.1 Å². The number of aromatic nitrogens is 2. The van der Waals surface area contributed by atoms with E-state index in [2.05, 4.69) is 45.5 Å². The minimum atomic E-state index is -0.458. The van der Waals surface area contributed by atoms with Crippen molar-refractivity contribution in [1.82, 2.24) is 14.9 Å². The number of fused-ring (bicyclic) bond motifs is 1. The Bertz CT molecular complexity index is 763. The number of carbonyl (C=O) groups excluding carboxylic acids is 1. The predicted molar refractivity (Wildman–Crippen MR) is 103 cm³/mol. The maximum atomic E-state index is 12.4. The first-order valence-electron chi connectivity index (χ1n) is 8.36. The van der Waals surface area contributed by atoms with Gasteiger partial charge in [0.1, 0.15) is 11.2 Å². The van der Waals surface area contributed by atoms with Crippen molar-refractivity contribution in [3.05, 3.63) is 27.1 Å². The fourth-order valence-electron chi connectivity index (χ4n) is 3.27. The summed E-state index contributed by atoms with van der Waals surface area (Å²) in [5, 5.41) is 1.18. The van der Waals surface area contributed by atoms with Crippen molar-refractivity contribution < 1.29 is 9.53 Å². The first-order chi connectivity index (χ1) is 11.2. The van der Waals surface area contributed by atoms with E-state index in [1.54, 1.807) is 0 Å². The van der Waals surface area contributed by atoms with Crippen molar-refractivity contribution in [2.24, 2.45) is 0 Å². The first kappa shape index (κ1) is 17.5. The molecule has 1 atom stereocenters. The largest absolute Gasteiger partial charge is 0.444 e. The standard InChI is InChI=1S/C18H24IN3O2/c1-11-8-13-14(15(19)21-16(13)20-9-11)12-6-5-7-22(10-12)17(23)24-18(2,3)4/h8-9,12H,5-7,10H2,1-4H3,(H,20,21)/t12-/m0/s1. The summed E-state index contributed by atoms with van der Waals surface area (Å²) in [6.45, 7) is 9.24. The van der Waals surface area contributed by atoms with Crippen LogP contribution in [0.15, 0.2) is 12.3 Å². The molecule has 2 aromatic rings. The number of nitrogens with one attached hydrogen (secondary N) is 1. The lowest BCUT2D eigenvalue weighted by Gasteiger charge is -2.34. The monoisotopic (exact) mass is 441 g/mol. The molecule has 0 spiro atoms. The van der Waals surface area contributed by atoms with Gasteiger partial charge in [-0.3, -0.25) is 0 Å². The third-order valence-electron chi connectivity index (χ3n) is 4.26. The lowest BCUT2D eigenvalue weighted by atomic mass is 9.90. The van der Waals surface area contributed by atoms with Crippen LogP contribution in [0.1, 0.15) is 50.7 Å². The number of H-pyrrole nitrogens is 1. The van der Waals surface area contributed by atoms with E-state index in [0.29, 0.717) is 12.5 Å². The number of piperidine rings is 1. The minimum Gasteiger partial charge on any atom is -0.444 e. The second kappa shape index (κ2) is 6.54. The molecule has 0 saturated carbocycles. The molecule has 3 heterocycles. The molecule has 0 aliphatic carbocycles. The molecule has 130 valence electrons. The van der Waals surface area contributed by atoms with Gasteiger partial charge >= 0.3 is 6.09 Å². The number of nitrogens with zero attached hydrogens (tertiary/aromatic N) is 2. The number of rotatable bonds is 1. The van der Waals surface area contributed by atoms with E-state index in [9.17, 15) is 4.79 Å². The Morgan fingerprint density at radius 1 is 1.46 bits per heavy atom. The van der Waals surface area contributed by atoms with Gasteiger partial charge in [0.05, 0.1) is 3.70 Å². The third-order valence-corrected chi connectivity index (χ3v) is 5.11. The molecule has 1 amide bonds. The number of amides is 1. The summed E-state index contributed by atoms with van der Waals surface area (Å²) >= 11 is 2.34. The third kappa shape index (κ3) is 3.68. The van der Waals surface area contributed by atoms with Crippen LogP contribution in [-0.4, -0.2) is 39.7 Å². The Kier molecular flexibility index (Phi) is 4.77. The summed E-state index contributed by atoms with van der Waals surface area (Å²) in [5.41, 5.74) is 2.91. The van der Waals surface area contributed by atoms with E-state index in [4.69, 9.17) is 4.74 Å². The van der Waals surface area contributed by atoms with Crippen LogP contribution >= 0.6 is 22.6 Å². The SMILES string of the molecule is Cc1cnc2[nH]c(I)c([C@H]3CCCN(C(=O)OC(C)(C)C)C3)c2c1. The molecule has 1 aliphatic rings. The highest BCUT2D eigenvalue weighted by atomic mass is 127. The quantitative estimate of drug-likeness (QED) is 0.659. The van der Waals surface area contributed by atoms with Gasteiger partial charge < -0.3 is 14.6 Å². The number of aromatic amines is 1. The molecule has 1 fully saturated rings. The zero-order valence-corrected chi connectivity index (χ0v) is 16.8. The molecule has 2 aromatic heterocycles. The summed E-state index contributed by atoms with van der Waals surface area (Å²) in [7, 11) is 0. The van der Waals surface area contributed by atoms with Crippen LogP contribution in [-0.2, 0) is 4.74 Å². The van der Waals surface area contributed by atoms with Crippen LogP contribution in [0.4, 0.5) is 4.79 Å². The van der Waals surface area contributed by atoms with Crippen LogP contribution in [0.5, 0.6) is 0 Å². The second-order valence-electron chi connectivity index (χ2n) is 7.53. The molecule has 0 unspecified atom stereocenters. The highest BCUT2D eigenvalue weighted by molar-refractivity contribution is 14.1. The van der Waals surface area contributed by atoms with Crippen LogP contribution in [0.3, 0.4) is 0 Å². The van der Waals surface area contributed by atoms with Crippen molar-refractivity contribution in [3.63, 3.8) is 0 Å². The molecule has 0 radical (unpaired) electrons. The highest BCUT2D eigenvalue weighted by Gasteiger charge is 2.30. The second-order valence-corrected chi connectivity index (χ2v) is 8.61. The summed E-state index contributed by atoms with van der Waals surface area (Å²) in [6.07, 6.45) is 3.74. The molecule has 1 N–H and O–H groups in total. The van der Waals surface area contributed by atoms with Gasteiger partial charge in [-0.25, -0.2) is 9.78 Å². The van der Waals surface area contributed by atoms with Crippen LogP contribution in [0.25, 0.3) is 11.0 Å². The Morgan fingerprint density at radius 3 is 2.92 bits per heavy atom. The van der Waals surface area contributed by atoms with Gasteiger partial charge in [-0.15, -0.1) is 0 Å².